The summed E-state index contributed by atoms with van der Waals surface area (Å²) in [6.07, 6.45) is -0.317. The highest BCUT2D eigenvalue weighted by Crippen LogP contribution is 2.34. The maximum atomic E-state index is 11.6. The van der Waals surface area contributed by atoms with Crippen molar-refractivity contribution < 1.29 is 14.3 Å². The van der Waals surface area contributed by atoms with E-state index < -0.39 is 6.09 Å². The monoisotopic (exact) mass is 600 g/mol. The van der Waals surface area contributed by atoms with Gasteiger partial charge in [0.05, 0.1) is 23.4 Å². The highest BCUT2D eigenvalue weighted by Gasteiger charge is 2.22. The molecule has 0 aliphatic rings. The van der Waals surface area contributed by atoms with Crippen molar-refractivity contribution in [3.8, 4) is 11.4 Å². The first-order valence-corrected chi connectivity index (χ1v) is 12.6. The summed E-state index contributed by atoms with van der Waals surface area (Å²) < 4.78 is 14.8. The van der Waals surface area contributed by atoms with Gasteiger partial charge in [0.2, 0.25) is 0 Å². The van der Waals surface area contributed by atoms with E-state index in [4.69, 9.17) is 14.6 Å². The summed E-state index contributed by atoms with van der Waals surface area (Å²) in [5.41, 5.74) is 4.36. The standard InChI is InChI=1S/C26H29IN6O3/c1-16-23-17(2)33(31-24(23)25(30-29-16)32(4)5)20-11-6-7-12-22(20)36-21(13-14-35-26(34)28-3)18-9-8-10-19(27)15-18/h6-12,15,21H,13-14H2,1-5H3,(H,28,34). The van der Waals surface area contributed by atoms with Crippen LogP contribution in [0, 0.1) is 17.4 Å². The lowest BCUT2D eigenvalue weighted by Gasteiger charge is -2.22. The van der Waals surface area contributed by atoms with E-state index in [-0.39, 0.29) is 12.7 Å². The van der Waals surface area contributed by atoms with Gasteiger partial charge in [-0.05, 0) is 66.3 Å². The molecule has 2 heterocycles. The van der Waals surface area contributed by atoms with E-state index in [1.807, 2.05) is 80.0 Å². The molecule has 2 aromatic carbocycles. The first kappa shape index (κ1) is 25.7. The molecule has 0 radical (unpaired) electrons. The molecule has 4 aromatic rings. The summed E-state index contributed by atoms with van der Waals surface area (Å²) in [4.78, 5) is 13.5. The van der Waals surface area contributed by atoms with Gasteiger partial charge >= 0.3 is 6.09 Å². The summed E-state index contributed by atoms with van der Waals surface area (Å²) in [6.45, 7) is 4.18. The van der Waals surface area contributed by atoms with Gasteiger partial charge in [-0.25, -0.2) is 9.48 Å². The smallest absolute Gasteiger partial charge is 0.406 e. The number of ether oxygens (including phenoxy) is 2. The van der Waals surface area contributed by atoms with Crippen LogP contribution in [-0.4, -0.2) is 53.8 Å². The third-order valence-corrected chi connectivity index (χ3v) is 6.48. The van der Waals surface area contributed by atoms with Gasteiger partial charge in [0, 0.05) is 31.1 Å². The number of nitrogens with zero attached hydrogens (tertiary/aromatic N) is 5. The van der Waals surface area contributed by atoms with Crippen molar-refractivity contribution in [1.29, 1.82) is 0 Å². The quantitative estimate of drug-likeness (QED) is 0.286. The van der Waals surface area contributed by atoms with E-state index >= 15 is 0 Å². The molecule has 0 aliphatic heterocycles. The Morgan fingerprint density at radius 3 is 2.64 bits per heavy atom. The van der Waals surface area contributed by atoms with Gasteiger partial charge in [0.25, 0.3) is 0 Å². The van der Waals surface area contributed by atoms with Gasteiger partial charge in [-0.1, -0.05) is 24.3 Å². The molecule has 0 saturated heterocycles. The lowest BCUT2D eigenvalue weighted by Crippen LogP contribution is -2.21. The van der Waals surface area contributed by atoms with Crippen LogP contribution in [0.4, 0.5) is 10.6 Å². The number of fused-ring (bicyclic) bond motifs is 1. The molecule has 1 unspecified atom stereocenters. The Bertz CT molecular complexity index is 1390. The first-order valence-electron chi connectivity index (χ1n) is 11.6. The molecule has 0 bridgehead atoms. The Hall–Kier alpha value is -3.41. The molecular formula is C26H29IN6O3. The molecule has 1 amide bonds. The predicted molar refractivity (Wildman–Crippen MR) is 148 cm³/mol. The number of alkyl carbamates (subject to hydrolysis) is 1. The van der Waals surface area contributed by atoms with Crippen molar-refractivity contribution in [3.05, 3.63) is 69.1 Å². The number of nitrogens with one attached hydrogen (secondary N) is 1. The number of hydrogen-bond acceptors (Lipinski definition) is 7. The molecule has 0 saturated carbocycles. The van der Waals surface area contributed by atoms with Gasteiger partial charge in [0.15, 0.2) is 5.82 Å². The highest BCUT2D eigenvalue weighted by atomic mass is 127. The molecule has 2 aromatic heterocycles. The molecule has 0 aliphatic carbocycles. The molecule has 1 atom stereocenters. The van der Waals surface area contributed by atoms with Crippen LogP contribution in [0.5, 0.6) is 5.75 Å². The van der Waals surface area contributed by atoms with E-state index in [1.54, 1.807) is 0 Å². The van der Waals surface area contributed by atoms with Crippen LogP contribution in [0.2, 0.25) is 0 Å². The molecule has 10 heteroatoms. The molecule has 9 nitrogen and oxygen atoms in total. The number of aryl methyl sites for hydroxylation is 2. The Balaban J connectivity index is 1.75. The number of carbonyl (C=O) groups is 1. The van der Waals surface area contributed by atoms with E-state index in [0.717, 1.165) is 37.1 Å². The number of rotatable bonds is 8. The number of amides is 1. The average molecular weight is 600 g/mol. The lowest BCUT2D eigenvalue weighted by molar-refractivity contribution is 0.117. The Labute approximate surface area is 223 Å². The van der Waals surface area contributed by atoms with Crippen LogP contribution in [0.1, 0.15) is 29.5 Å². The van der Waals surface area contributed by atoms with Gasteiger partial charge in [0.1, 0.15) is 23.1 Å². The first-order chi connectivity index (χ1) is 17.3. The predicted octanol–water partition coefficient (Wildman–Crippen LogP) is 4.97. The zero-order valence-corrected chi connectivity index (χ0v) is 23.1. The summed E-state index contributed by atoms with van der Waals surface area (Å²) in [5.74, 6) is 1.38. The maximum absolute atomic E-state index is 11.6. The number of hydrogen-bond donors (Lipinski definition) is 1. The maximum Gasteiger partial charge on any atom is 0.406 e. The number of para-hydroxylation sites is 2. The fraction of sp³-hybridized carbons (Fsp3) is 0.308. The Morgan fingerprint density at radius 1 is 1.14 bits per heavy atom. The summed E-state index contributed by atoms with van der Waals surface area (Å²) >= 11 is 2.28. The minimum atomic E-state index is -0.468. The second-order valence-corrected chi connectivity index (χ2v) is 9.77. The van der Waals surface area contributed by atoms with Crippen LogP contribution in [0.25, 0.3) is 16.6 Å². The normalized spacial score (nSPS) is 11.8. The second-order valence-electron chi connectivity index (χ2n) is 8.53. The van der Waals surface area contributed by atoms with Gasteiger partial charge < -0.3 is 19.7 Å². The van der Waals surface area contributed by atoms with E-state index in [0.29, 0.717) is 18.0 Å². The average Bonchev–Trinajstić information content (AvgIpc) is 3.21. The van der Waals surface area contributed by atoms with Crippen molar-refractivity contribution in [3.63, 3.8) is 0 Å². The zero-order chi connectivity index (χ0) is 25.8. The summed E-state index contributed by atoms with van der Waals surface area (Å²) in [7, 11) is 5.39. The van der Waals surface area contributed by atoms with Crippen LogP contribution >= 0.6 is 22.6 Å². The molecule has 0 fully saturated rings. The third kappa shape index (κ3) is 5.38. The molecule has 188 valence electrons. The van der Waals surface area contributed by atoms with Crippen LogP contribution in [-0.2, 0) is 4.74 Å². The SMILES string of the molecule is CNC(=O)OCCC(Oc1ccccc1-n1nc2c(N(C)C)nnc(C)c2c1C)c1cccc(I)c1. The largest absolute Gasteiger partial charge is 0.483 e. The fourth-order valence-electron chi connectivity index (χ4n) is 4.06. The van der Waals surface area contributed by atoms with Crippen molar-refractivity contribution in [2.24, 2.45) is 0 Å². The second kappa shape index (κ2) is 11.1. The molecule has 1 N–H and O–H groups in total. The zero-order valence-electron chi connectivity index (χ0n) is 20.9. The fourth-order valence-corrected chi connectivity index (χ4v) is 4.63. The summed E-state index contributed by atoms with van der Waals surface area (Å²) in [6, 6.07) is 15.9. The minimum absolute atomic E-state index is 0.214. The molecular weight excluding hydrogens is 571 g/mol. The third-order valence-electron chi connectivity index (χ3n) is 5.81. The minimum Gasteiger partial charge on any atom is -0.483 e. The van der Waals surface area contributed by atoms with Crippen molar-refractivity contribution in [1.82, 2.24) is 25.3 Å². The Kier molecular flexibility index (Phi) is 7.92. The number of carbonyl (C=O) groups excluding carboxylic acids is 1. The topological polar surface area (TPSA) is 94.4 Å². The van der Waals surface area contributed by atoms with Gasteiger partial charge in [-0.3, -0.25) is 0 Å². The molecule has 4 rings (SSSR count). The van der Waals surface area contributed by atoms with Gasteiger partial charge in [-0.15, -0.1) is 5.10 Å². The van der Waals surface area contributed by atoms with Crippen molar-refractivity contribution >= 4 is 45.4 Å². The number of benzene rings is 2. The van der Waals surface area contributed by atoms with Crippen LogP contribution < -0.4 is 15.0 Å². The van der Waals surface area contributed by atoms with Crippen LogP contribution in [0.3, 0.4) is 0 Å². The van der Waals surface area contributed by atoms with Crippen LogP contribution in [0.15, 0.2) is 48.5 Å². The van der Waals surface area contributed by atoms with Gasteiger partial charge in [-0.2, -0.15) is 10.2 Å². The van der Waals surface area contributed by atoms with E-state index in [1.165, 1.54) is 7.05 Å². The lowest BCUT2D eigenvalue weighted by atomic mass is 10.1. The van der Waals surface area contributed by atoms with E-state index in [2.05, 4.69) is 44.2 Å². The number of aromatic nitrogens is 4. The number of halogens is 1. The molecule has 0 spiro atoms. The molecule has 36 heavy (non-hydrogen) atoms. The van der Waals surface area contributed by atoms with Crippen molar-refractivity contribution in [2.45, 2.75) is 26.4 Å². The number of anilines is 1. The van der Waals surface area contributed by atoms with E-state index in [9.17, 15) is 4.79 Å². The summed E-state index contributed by atoms with van der Waals surface area (Å²) in [5, 5.41) is 17.1. The Morgan fingerprint density at radius 2 is 1.92 bits per heavy atom. The highest BCUT2D eigenvalue weighted by molar-refractivity contribution is 14.1. The van der Waals surface area contributed by atoms with Crippen molar-refractivity contribution in [2.75, 3.05) is 32.6 Å².